The van der Waals surface area contributed by atoms with Crippen LogP contribution in [0.25, 0.3) is 0 Å². The van der Waals surface area contributed by atoms with Gasteiger partial charge in [-0.05, 0) is 31.5 Å². The lowest BCUT2D eigenvalue weighted by Crippen LogP contribution is -2.31. The molecule has 3 N–H and O–H groups in total. The standard InChI is InChI=1S/C13H16Cl2N4/c1-8(2)19-13(11(15)7-17-19)12(18-16)9-3-5-10(14)6-4-9/h3-8,12,18H,16H2,1-2H3. The molecule has 1 heterocycles. The van der Waals surface area contributed by atoms with Crippen LogP contribution < -0.4 is 11.3 Å². The summed E-state index contributed by atoms with van der Waals surface area (Å²) in [4.78, 5) is 0. The van der Waals surface area contributed by atoms with Crippen LogP contribution >= 0.6 is 23.2 Å². The largest absolute Gasteiger partial charge is 0.271 e. The van der Waals surface area contributed by atoms with E-state index < -0.39 is 0 Å². The van der Waals surface area contributed by atoms with Gasteiger partial charge < -0.3 is 0 Å². The van der Waals surface area contributed by atoms with Crippen LogP contribution in [-0.4, -0.2) is 9.78 Å². The molecule has 2 aromatic rings. The average molecular weight is 299 g/mol. The first-order chi connectivity index (χ1) is 9.04. The third kappa shape index (κ3) is 2.92. The minimum absolute atomic E-state index is 0.200. The second-order valence-electron chi connectivity index (χ2n) is 4.57. The molecule has 1 unspecified atom stereocenters. The minimum atomic E-state index is -0.227. The van der Waals surface area contributed by atoms with Crippen molar-refractivity contribution in [2.75, 3.05) is 0 Å². The molecule has 0 aliphatic heterocycles. The van der Waals surface area contributed by atoms with E-state index in [0.29, 0.717) is 10.0 Å². The molecule has 0 spiro atoms. The van der Waals surface area contributed by atoms with Gasteiger partial charge in [0.15, 0.2) is 0 Å². The lowest BCUT2D eigenvalue weighted by atomic mass is 10.0. The zero-order valence-electron chi connectivity index (χ0n) is 10.8. The summed E-state index contributed by atoms with van der Waals surface area (Å²) in [6.07, 6.45) is 1.64. The molecule has 102 valence electrons. The number of halogens is 2. The normalized spacial score (nSPS) is 12.9. The number of hydrogen-bond donors (Lipinski definition) is 2. The number of benzene rings is 1. The average Bonchev–Trinajstić information content (AvgIpc) is 2.75. The molecule has 0 aliphatic rings. The highest BCUT2D eigenvalue weighted by atomic mass is 35.5. The van der Waals surface area contributed by atoms with E-state index in [2.05, 4.69) is 10.5 Å². The number of hydrogen-bond acceptors (Lipinski definition) is 3. The van der Waals surface area contributed by atoms with E-state index in [4.69, 9.17) is 29.0 Å². The Morgan fingerprint density at radius 2 is 1.84 bits per heavy atom. The molecule has 4 nitrogen and oxygen atoms in total. The van der Waals surface area contributed by atoms with Crippen molar-refractivity contribution in [2.45, 2.75) is 25.9 Å². The fourth-order valence-corrected chi connectivity index (χ4v) is 2.39. The van der Waals surface area contributed by atoms with Crippen LogP contribution in [0.2, 0.25) is 10.0 Å². The van der Waals surface area contributed by atoms with Crippen molar-refractivity contribution >= 4 is 23.2 Å². The van der Waals surface area contributed by atoms with Crippen LogP contribution in [0.15, 0.2) is 30.5 Å². The van der Waals surface area contributed by atoms with Crippen LogP contribution in [0.1, 0.15) is 37.2 Å². The summed E-state index contributed by atoms with van der Waals surface area (Å²) >= 11 is 12.1. The monoisotopic (exact) mass is 298 g/mol. The lowest BCUT2D eigenvalue weighted by molar-refractivity contribution is 0.476. The highest BCUT2D eigenvalue weighted by molar-refractivity contribution is 6.31. The van der Waals surface area contributed by atoms with E-state index in [-0.39, 0.29) is 12.1 Å². The summed E-state index contributed by atoms with van der Waals surface area (Å²) in [5.74, 6) is 5.69. The van der Waals surface area contributed by atoms with E-state index >= 15 is 0 Å². The number of nitrogens with two attached hydrogens (primary N) is 1. The first kappa shape index (κ1) is 14.3. The van der Waals surface area contributed by atoms with E-state index in [1.165, 1.54) is 0 Å². The van der Waals surface area contributed by atoms with Crippen molar-refractivity contribution < 1.29 is 0 Å². The summed E-state index contributed by atoms with van der Waals surface area (Å²) < 4.78 is 1.86. The predicted molar refractivity (Wildman–Crippen MR) is 78.2 cm³/mol. The molecule has 0 amide bonds. The molecule has 1 aromatic heterocycles. The molecule has 0 radical (unpaired) electrons. The highest BCUT2D eigenvalue weighted by Gasteiger charge is 2.22. The van der Waals surface area contributed by atoms with Crippen LogP contribution in [0, 0.1) is 0 Å². The fraction of sp³-hybridized carbons (Fsp3) is 0.308. The van der Waals surface area contributed by atoms with Gasteiger partial charge in [-0.3, -0.25) is 10.5 Å². The molecule has 19 heavy (non-hydrogen) atoms. The number of nitrogens with zero attached hydrogens (tertiary/aromatic N) is 2. The first-order valence-corrected chi connectivity index (χ1v) is 6.74. The van der Waals surface area contributed by atoms with Gasteiger partial charge in [0.25, 0.3) is 0 Å². The van der Waals surface area contributed by atoms with Gasteiger partial charge in [0.1, 0.15) is 0 Å². The van der Waals surface area contributed by atoms with Gasteiger partial charge in [-0.25, -0.2) is 5.43 Å². The van der Waals surface area contributed by atoms with Crippen molar-refractivity contribution in [1.29, 1.82) is 0 Å². The second-order valence-corrected chi connectivity index (χ2v) is 5.41. The zero-order valence-corrected chi connectivity index (χ0v) is 12.3. The van der Waals surface area contributed by atoms with Crippen molar-refractivity contribution in [3.63, 3.8) is 0 Å². The SMILES string of the molecule is CC(C)n1ncc(Cl)c1C(NN)c1ccc(Cl)cc1. The Labute approximate surface area is 122 Å². The molecule has 1 aromatic carbocycles. The molecule has 2 rings (SSSR count). The Balaban J connectivity index is 2.47. The molecule has 0 saturated carbocycles. The Hall–Kier alpha value is -1.07. The summed E-state index contributed by atoms with van der Waals surface area (Å²) in [7, 11) is 0. The van der Waals surface area contributed by atoms with Crippen LogP contribution in [0.3, 0.4) is 0 Å². The molecular weight excluding hydrogens is 283 g/mol. The molecular formula is C13H16Cl2N4. The van der Waals surface area contributed by atoms with Crippen molar-refractivity contribution in [3.05, 3.63) is 51.8 Å². The fourth-order valence-electron chi connectivity index (χ4n) is 2.02. The van der Waals surface area contributed by atoms with Gasteiger partial charge in [-0.1, -0.05) is 35.3 Å². The third-order valence-electron chi connectivity index (χ3n) is 2.92. The van der Waals surface area contributed by atoms with Crippen LogP contribution in [0.5, 0.6) is 0 Å². The van der Waals surface area contributed by atoms with Crippen molar-refractivity contribution in [2.24, 2.45) is 5.84 Å². The Kier molecular flexibility index (Phi) is 4.47. The molecule has 0 saturated heterocycles. The molecule has 0 fully saturated rings. The van der Waals surface area contributed by atoms with Gasteiger partial charge in [-0.2, -0.15) is 5.10 Å². The number of hydrazine groups is 1. The maximum atomic E-state index is 6.24. The smallest absolute Gasteiger partial charge is 0.0893 e. The minimum Gasteiger partial charge on any atom is -0.271 e. The zero-order chi connectivity index (χ0) is 14.0. The van der Waals surface area contributed by atoms with Crippen LogP contribution in [0.4, 0.5) is 0 Å². The quantitative estimate of drug-likeness (QED) is 0.672. The van der Waals surface area contributed by atoms with Gasteiger partial charge in [0, 0.05) is 11.1 Å². The third-order valence-corrected chi connectivity index (χ3v) is 3.46. The van der Waals surface area contributed by atoms with E-state index in [1.807, 2.05) is 42.8 Å². The van der Waals surface area contributed by atoms with E-state index in [1.54, 1.807) is 6.20 Å². The number of nitrogens with one attached hydrogen (secondary N) is 1. The number of aromatic nitrogens is 2. The maximum Gasteiger partial charge on any atom is 0.0893 e. The summed E-state index contributed by atoms with van der Waals surface area (Å²) in [6, 6.07) is 7.46. The molecule has 1 atom stereocenters. The molecule has 6 heteroatoms. The van der Waals surface area contributed by atoms with Crippen LogP contribution in [-0.2, 0) is 0 Å². The summed E-state index contributed by atoms with van der Waals surface area (Å²) in [6.45, 7) is 4.09. The van der Waals surface area contributed by atoms with Crippen molar-refractivity contribution in [1.82, 2.24) is 15.2 Å². The molecule has 0 aliphatic carbocycles. The van der Waals surface area contributed by atoms with Gasteiger partial charge >= 0.3 is 0 Å². The van der Waals surface area contributed by atoms with Gasteiger partial charge in [0.2, 0.25) is 0 Å². The first-order valence-electron chi connectivity index (χ1n) is 5.99. The Morgan fingerprint density at radius 3 is 2.37 bits per heavy atom. The Morgan fingerprint density at radius 1 is 1.21 bits per heavy atom. The topological polar surface area (TPSA) is 55.9 Å². The highest BCUT2D eigenvalue weighted by Crippen LogP contribution is 2.30. The van der Waals surface area contributed by atoms with Crippen molar-refractivity contribution in [3.8, 4) is 0 Å². The maximum absolute atomic E-state index is 6.24. The molecule has 0 bridgehead atoms. The Bertz CT molecular complexity index is 548. The predicted octanol–water partition coefficient (Wildman–Crippen LogP) is 3.32. The summed E-state index contributed by atoms with van der Waals surface area (Å²) in [5, 5.41) is 5.56. The summed E-state index contributed by atoms with van der Waals surface area (Å²) in [5.41, 5.74) is 4.62. The lowest BCUT2D eigenvalue weighted by Gasteiger charge is -2.20. The van der Waals surface area contributed by atoms with E-state index in [9.17, 15) is 0 Å². The number of rotatable bonds is 4. The van der Waals surface area contributed by atoms with E-state index in [0.717, 1.165) is 11.3 Å². The second kappa shape index (κ2) is 5.92. The van der Waals surface area contributed by atoms with Gasteiger partial charge in [-0.15, -0.1) is 0 Å². The van der Waals surface area contributed by atoms with Gasteiger partial charge in [0.05, 0.1) is 23.0 Å².